The number of carbonyl (C=O) groups excluding carboxylic acids is 1. The zero-order valence-electron chi connectivity index (χ0n) is 13.3. The van der Waals surface area contributed by atoms with Crippen molar-refractivity contribution >= 4 is 24.0 Å². The summed E-state index contributed by atoms with van der Waals surface area (Å²) in [5.41, 5.74) is 1.79. The lowest BCUT2D eigenvalue weighted by molar-refractivity contribution is -0.116. The Labute approximate surface area is 137 Å². The smallest absolute Gasteiger partial charge is 0.224 e. The van der Waals surface area contributed by atoms with Crippen molar-refractivity contribution in [3.05, 3.63) is 23.8 Å². The monoisotopic (exact) mass is 328 g/mol. The van der Waals surface area contributed by atoms with Gasteiger partial charge in [-0.1, -0.05) is 6.07 Å². The molecule has 0 spiro atoms. The van der Waals surface area contributed by atoms with E-state index in [-0.39, 0.29) is 30.5 Å². The number of nitrogens with one attached hydrogen (secondary N) is 2. The van der Waals surface area contributed by atoms with Gasteiger partial charge in [-0.25, -0.2) is 0 Å². The number of rotatable bonds is 5. The van der Waals surface area contributed by atoms with Gasteiger partial charge < -0.3 is 20.5 Å². The Morgan fingerprint density at radius 1 is 1.36 bits per heavy atom. The van der Waals surface area contributed by atoms with Crippen LogP contribution in [0, 0.1) is 0 Å². The molecule has 124 valence electrons. The predicted molar refractivity (Wildman–Crippen MR) is 89.9 cm³/mol. The molecule has 1 aliphatic rings. The van der Waals surface area contributed by atoms with Crippen LogP contribution >= 0.6 is 12.4 Å². The van der Waals surface area contributed by atoms with Crippen LogP contribution in [-0.2, 0) is 11.2 Å². The molecule has 0 aromatic heterocycles. The minimum absolute atomic E-state index is 0. The van der Waals surface area contributed by atoms with Crippen LogP contribution in [-0.4, -0.2) is 35.8 Å². The molecule has 0 saturated carbocycles. The van der Waals surface area contributed by atoms with Crippen molar-refractivity contribution in [2.75, 3.05) is 18.5 Å². The molecule has 22 heavy (non-hydrogen) atoms. The largest absolute Gasteiger partial charge is 0.490 e. The topological polar surface area (TPSA) is 70.6 Å². The Bertz CT molecular complexity index is 515. The summed E-state index contributed by atoms with van der Waals surface area (Å²) >= 11 is 0. The number of fused-ring (bicyclic) bond motifs is 1. The van der Waals surface area contributed by atoms with Gasteiger partial charge >= 0.3 is 0 Å². The number of aliphatic hydroxyl groups excluding tert-OH is 1. The zero-order valence-corrected chi connectivity index (χ0v) is 14.1. The number of β-amino-alcohol motifs (C(OH)–C–C–N with tert-alkyl or cyclic N) is 1. The second-order valence-corrected chi connectivity index (χ2v) is 6.43. The van der Waals surface area contributed by atoms with E-state index in [2.05, 4.69) is 31.4 Å². The average molecular weight is 329 g/mol. The third-order valence-electron chi connectivity index (χ3n) is 3.31. The molecule has 6 heteroatoms. The van der Waals surface area contributed by atoms with Gasteiger partial charge in [-0.05, 0) is 39.3 Å². The average Bonchev–Trinajstić information content (AvgIpc) is 2.41. The summed E-state index contributed by atoms with van der Waals surface area (Å²) in [5.74, 6) is 0.774. The van der Waals surface area contributed by atoms with E-state index in [9.17, 15) is 9.90 Å². The highest BCUT2D eigenvalue weighted by Crippen LogP contribution is 2.31. The molecular formula is C16H25ClN2O3. The molecule has 1 amide bonds. The molecule has 1 atom stereocenters. The SMILES string of the molecule is CC(C)(C)NC[C@H](O)COc1cccc2c1CCC(=O)N2.Cl. The Morgan fingerprint density at radius 3 is 2.77 bits per heavy atom. The van der Waals surface area contributed by atoms with E-state index in [1.54, 1.807) is 0 Å². The first-order valence-corrected chi connectivity index (χ1v) is 7.33. The molecule has 0 saturated heterocycles. The molecular weight excluding hydrogens is 304 g/mol. The minimum Gasteiger partial charge on any atom is -0.490 e. The Kier molecular flexibility index (Phi) is 6.66. The molecule has 1 aromatic carbocycles. The zero-order chi connectivity index (χ0) is 15.5. The number of halogens is 1. The van der Waals surface area contributed by atoms with Crippen molar-refractivity contribution in [2.45, 2.75) is 45.3 Å². The second-order valence-electron chi connectivity index (χ2n) is 6.43. The molecule has 0 unspecified atom stereocenters. The molecule has 0 fully saturated rings. The summed E-state index contributed by atoms with van der Waals surface area (Å²) in [4.78, 5) is 11.4. The number of carbonyl (C=O) groups is 1. The third kappa shape index (κ3) is 5.48. The molecule has 1 aromatic rings. The Hall–Kier alpha value is -1.30. The van der Waals surface area contributed by atoms with Crippen molar-refractivity contribution in [3.8, 4) is 5.75 Å². The molecule has 0 radical (unpaired) electrons. The fourth-order valence-electron chi connectivity index (χ4n) is 2.20. The first kappa shape index (κ1) is 18.7. The number of hydrogen-bond acceptors (Lipinski definition) is 4. The molecule has 5 nitrogen and oxygen atoms in total. The highest BCUT2D eigenvalue weighted by molar-refractivity contribution is 5.94. The molecule has 1 heterocycles. The van der Waals surface area contributed by atoms with Crippen LogP contribution in [0.5, 0.6) is 5.75 Å². The number of ether oxygens (including phenoxy) is 1. The normalized spacial score (nSPS) is 15.4. The third-order valence-corrected chi connectivity index (χ3v) is 3.31. The molecule has 0 bridgehead atoms. The standard InChI is InChI=1S/C16H24N2O3.ClH/c1-16(2,3)17-9-11(19)10-21-14-6-4-5-13-12(14)7-8-15(20)18-13;/h4-6,11,17,19H,7-10H2,1-3H3,(H,18,20);1H/t11-;/m0./s1. The number of hydrogen-bond donors (Lipinski definition) is 3. The van der Waals surface area contributed by atoms with E-state index in [0.717, 1.165) is 17.0 Å². The van der Waals surface area contributed by atoms with Gasteiger partial charge in [0, 0.05) is 29.8 Å². The lowest BCUT2D eigenvalue weighted by Crippen LogP contribution is -2.42. The van der Waals surface area contributed by atoms with E-state index >= 15 is 0 Å². The summed E-state index contributed by atoms with van der Waals surface area (Å²) in [7, 11) is 0. The van der Waals surface area contributed by atoms with Crippen LogP contribution < -0.4 is 15.4 Å². The van der Waals surface area contributed by atoms with Gasteiger partial charge in [0.25, 0.3) is 0 Å². The van der Waals surface area contributed by atoms with E-state index in [1.165, 1.54) is 0 Å². The maximum Gasteiger partial charge on any atom is 0.224 e. The lowest BCUT2D eigenvalue weighted by atomic mass is 10.0. The number of aliphatic hydroxyl groups is 1. The quantitative estimate of drug-likeness (QED) is 0.774. The van der Waals surface area contributed by atoms with Crippen LogP contribution in [0.2, 0.25) is 0 Å². The van der Waals surface area contributed by atoms with Crippen LogP contribution in [0.4, 0.5) is 5.69 Å². The lowest BCUT2D eigenvalue weighted by Gasteiger charge is -2.24. The highest BCUT2D eigenvalue weighted by Gasteiger charge is 2.19. The highest BCUT2D eigenvalue weighted by atomic mass is 35.5. The van der Waals surface area contributed by atoms with E-state index in [1.807, 2.05) is 18.2 Å². The van der Waals surface area contributed by atoms with Crippen molar-refractivity contribution < 1.29 is 14.6 Å². The first-order valence-electron chi connectivity index (χ1n) is 7.33. The predicted octanol–water partition coefficient (Wildman–Crippen LogP) is 2.12. The van der Waals surface area contributed by atoms with Crippen molar-refractivity contribution in [1.82, 2.24) is 5.32 Å². The number of amides is 1. The van der Waals surface area contributed by atoms with Crippen molar-refractivity contribution in [2.24, 2.45) is 0 Å². The number of anilines is 1. The second kappa shape index (κ2) is 7.81. The van der Waals surface area contributed by atoms with E-state index < -0.39 is 6.10 Å². The van der Waals surface area contributed by atoms with Crippen LogP contribution in [0.1, 0.15) is 32.8 Å². The maximum absolute atomic E-state index is 11.4. The van der Waals surface area contributed by atoms with Gasteiger partial charge in [-0.3, -0.25) is 4.79 Å². The van der Waals surface area contributed by atoms with Gasteiger partial charge in [0.05, 0.1) is 0 Å². The molecule has 3 N–H and O–H groups in total. The van der Waals surface area contributed by atoms with Gasteiger partial charge in [-0.15, -0.1) is 12.4 Å². The number of benzene rings is 1. The maximum atomic E-state index is 11.4. The van der Waals surface area contributed by atoms with Crippen LogP contribution in [0.15, 0.2) is 18.2 Å². The fraction of sp³-hybridized carbons (Fsp3) is 0.562. The summed E-state index contributed by atoms with van der Waals surface area (Å²) in [6.45, 7) is 6.87. The Balaban J connectivity index is 0.00000242. The van der Waals surface area contributed by atoms with Crippen molar-refractivity contribution in [3.63, 3.8) is 0 Å². The van der Waals surface area contributed by atoms with Gasteiger partial charge in [-0.2, -0.15) is 0 Å². The van der Waals surface area contributed by atoms with Gasteiger partial charge in [0.2, 0.25) is 5.91 Å². The van der Waals surface area contributed by atoms with Gasteiger partial charge in [0.1, 0.15) is 18.5 Å². The van der Waals surface area contributed by atoms with E-state index in [0.29, 0.717) is 19.4 Å². The minimum atomic E-state index is -0.571. The van der Waals surface area contributed by atoms with Crippen LogP contribution in [0.25, 0.3) is 0 Å². The molecule has 1 aliphatic heterocycles. The Morgan fingerprint density at radius 2 is 2.09 bits per heavy atom. The summed E-state index contributed by atoms with van der Waals surface area (Å²) < 4.78 is 5.73. The summed E-state index contributed by atoms with van der Waals surface area (Å²) in [6.07, 6.45) is 0.577. The van der Waals surface area contributed by atoms with Gasteiger partial charge in [0.15, 0.2) is 0 Å². The summed E-state index contributed by atoms with van der Waals surface area (Å²) in [6, 6.07) is 5.59. The van der Waals surface area contributed by atoms with Crippen LogP contribution in [0.3, 0.4) is 0 Å². The molecule has 2 rings (SSSR count). The molecule has 0 aliphatic carbocycles. The van der Waals surface area contributed by atoms with E-state index in [4.69, 9.17) is 4.74 Å². The first-order chi connectivity index (χ1) is 9.85. The summed E-state index contributed by atoms with van der Waals surface area (Å²) in [5, 5.41) is 16.0. The van der Waals surface area contributed by atoms with Crippen molar-refractivity contribution in [1.29, 1.82) is 0 Å². The fourth-order valence-corrected chi connectivity index (χ4v) is 2.20.